The maximum Gasteiger partial charge on any atom is 0.294 e. The Kier molecular flexibility index (Phi) is 16.0. The van der Waals surface area contributed by atoms with Crippen molar-refractivity contribution in [2.24, 2.45) is 28.9 Å². The Balaban J connectivity index is 1.57. The molecule has 3 heterocycles. The first-order valence-corrected chi connectivity index (χ1v) is 17.5. The van der Waals surface area contributed by atoms with E-state index in [1.807, 2.05) is 0 Å². The van der Waals surface area contributed by atoms with Crippen molar-refractivity contribution < 1.29 is 82.8 Å². The number of hydrogen-bond donors (Lipinski definition) is 14. The average Bonchev–Trinajstić information content (AvgIpc) is 3.42. The highest BCUT2D eigenvalue weighted by Crippen LogP contribution is 2.36. The van der Waals surface area contributed by atoms with Crippen molar-refractivity contribution in [3.63, 3.8) is 0 Å². The summed E-state index contributed by atoms with van der Waals surface area (Å²) in [7, 11) is 0. The lowest BCUT2D eigenvalue weighted by Crippen LogP contribution is -2.68. The van der Waals surface area contributed by atoms with Gasteiger partial charge < -0.3 is 103 Å². The lowest BCUT2D eigenvalue weighted by Gasteiger charge is -2.47. The van der Waals surface area contributed by atoms with Gasteiger partial charge in [0.1, 0.15) is 48.8 Å². The summed E-state index contributed by atoms with van der Waals surface area (Å²) in [6.45, 7) is -0.651. The summed E-state index contributed by atoms with van der Waals surface area (Å²) in [5.41, 5.74) is 23.4. The van der Waals surface area contributed by atoms with Crippen LogP contribution in [0.3, 0.4) is 0 Å². The van der Waals surface area contributed by atoms with Gasteiger partial charge in [-0.2, -0.15) is 0 Å². The number of rotatable bonds is 16. The highest BCUT2D eigenvalue weighted by Gasteiger charge is 2.55. The van der Waals surface area contributed by atoms with Crippen LogP contribution in [0.4, 0.5) is 8.78 Å². The molecule has 0 aromatic carbocycles. The lowest BCUT2D eigenvalue weighted by atomic mass is 9.83. The van der Waals surface area contributed by atoms with Crippen LogP contribution in [-0.2, 0) is 33.2 Å². The van der Waals surface area contributed by atoms with Crippen LogP contribution in [0.15, 0.2) is 0 Å². The van der Waals surface area contributed by atoms with Gasteiger partial charge in [-0.05, 0) is 12.8 Å². The molecular weight excluding hydrogens is 722 g/mol. The summed E-state index contributed by atoms with van der Waals surface area (Å²) in [4.78, 5) is 12.7. The number of carbonyl (C=O) groups excluding carboxylic acids is 1. The largest absolute Gasteiger partial charge is 0.395 e. The highest BCUT2D eigenvalue weighted by atomic mass is 19.3. The SMILES string of the molecule is C[C@H]1[C@@H](O[C@H]2[C@@H](O)[C@H](O[C@@H]3[C@@H](O)[C@H](NC(=O)[C@@H](O)C(F)(F)CN)C[C@H](N)[C@H]3O[C@H]3O[C@H](CNCCO)[C@@H](O)C[C@H]3N)O[C@@H]2CO)O[C@@H](CN)[C@@H](O)[C@@H]1O. The van der Waals surface area contributed by atoms with Gasteiger partial charge in [0.2, 0.25) is 0 Å². The monoisotopic (exact) mass is 778 g/mol. The number of nitrogens with two attached hydrogens (primary N) is 4. The van der Waals surface area contributed by atoms with Crippen molar-refractivity contribution in [2.75, 3.05) is 39.4 Å². The maximum atomic E-state index is 14.1. The van der Waals surface area contributed by atoms with Crippen LogP contribution in [0.5, 0.6) is 0 Å². The number of amides is 1. The van der Waals surface area contributed by atoms with Crippen LogP contribution in [0, 0.1) is 5.92 Å². The van der Waals surface area contributed by atoms with E-state index in [4.69, 9.17) is 56.5 Å². The third kappa shape index (κ3) is 10.1. The molecule has 3 aliphatic heterocycles. The Bertz CT molecular complexity index is 1160. The first kappa shape index (κ1) is 44.3. The first-order chi connectivity index (χ1) is 25.0. The van der Waals surface area contributed by atoms with E-state index in [-0.39, 0.29) is 39.1 Å². The van der Waals surface area contributed by atoms with Gasteiger partial charge in [-0.15, -0.1) is 0 Å². The van der Waals surface area contributed by atoms with E-state index < -0.39 is 141 Å². The molecule has 310 valence electrons. The van der Waals surface area contributed by atoms with Crippen LogP contribution in [0.2, 0.25) is 0 Å². The van der Waals surface area contributed by atoms with Crippen molar-refractivity contribution >= 4 is 5.91 Å². The van der Waals surface area contributed by atoms with E-state index in [2.05, 4.69) is 10.6 Å². The number of ether oxygens (including phenoxy) is 6. The molecular formula is C30H56F2N6O15. The molecule has 0 aromatic rings. The Morgan fingerprint density at radius 3 is 2.08 bits per heavy atom. The van der Waals surface area contributed by atoms with E-state index in [0.29, 0.717) is 0 Å². The number of nitrogens with one attached hydrogen (secondary N) is 2. The molecule has 4 fully saturated rings. The summed E-state index contributed by atoms with van der Waals surface area (Å²) >= 11 is 0. The molecule has 18 N–H and O–H groups in total. The Morgan fingerprint density at radius 1 is 0.830 bits per heavy atom. The number of alkyl halides is 2. The topological polar surface area (TPSA) is 362 Å². The maximum absolute atomic E-state index is 14.1. The predicted octanol–water partition coefficient (Wildman–Crippen LogP) is -7.82. The van der Waals surface area contributed by atoms with Gasteiger partial charge in [0.05, 0.1) is 50.2 Å². The van der Waals surface area contributed by atoms with E-state index in [1.165, 1.54) is 6.92 Å². The molecule has 53 heavy (non-hydrogen) atoms. The molecule has 1 aliphatic carbocycles. The molecule has 1 saturated carbocycles. The Morgan fingerprint density at radius 2 is 1.45 bits per heavy atom. The average molecular weight is 779 g/mol. The molecule has 0 unspecified atom stereocenters. The number of carbonyl (C=O) groups is 1. The van der Waals surface area contributed by atoms with E-state index >= 15 is 0 Å². The third-order valence-corrected chi connectivity index (χ3v) is 10.1. The molecule has 0 radical (unpaired) electrons. The van der Waals surface area contributed by atoms with Crippen LogP contribution in [0.25, 0.3) is 0 Å². The van der Waals surface area contributed by atoms with Crippen molar-refractivity contribution in [3.8, 4) is 0 Å². The van der Waals surface area contributed by atoms with E-state index in [0.717, 1.165) is 0 Å². The number of aliphatic hydroxyl groups is 8. The number of hydrogen-bond acceptors (Lipinski definition) is 20. The minimum absolute atomic E-state index is 0.00184. The summed E-state index contributed by atoms with van der Waals surface area (Å²) in [5.74, 6) is -6.43. The van der Waals surface area contributed by atoms with Crippen molar-refractivity contribution in [1.82, 2.24) is 10.6 Å². The second-order valence-corrected chi connectivity index (χ2v) is 13.9. The zero-order valence-corrected chi connectivity index (χ0v) is 29.1. The summed E-state index contributed by atoms with van der Waals surface area (Å²) in [6.07, 6.45) is -22.3. The molecule has 4 rings (SSSR count). The summed E-state index contributed by atoms with van der Waals surface area (Å²) < 4.78 is 63.6. The van der Waals surface area contributed by atoms with Crippen LogP contribution < -0.4 is 33.6 Å². The molecule has 23 heteroatoms. The second kappa shape index (κ2) is 19.1. The van der Waals surface area contributed by atoms with Crippen LogP contribution in [0.1, 0.15) is 19.8 Å². The Hall–Kier alpha value is -1.43. The van der Waals surface area contributed by atoms with E-state index in [1.54, 1.807) is 0 Å². The van der Waals surface area contributed by atoms with E-state index in [9.17, 15) is 49.3 Å². The number of aliphatic hydroxyl groups excluding tert-OH is 8. The first-order valence-electron chi connectivity index (χ1n) is 17.5. The second-order valence-electron chi connectivity index (χ2n) is 13.9. The molecule has 4 aliphatic rings. The molecule has 0 bridgehead atoms. The summed E-state index contributed by atoms with van der Waals surface area (Å²) in [5, 5.41) is 88.5. The standard InChI is InChI=1S/C30H56F2N6O15/c1-10-18(42)20(44)15(6-33)48-27(10)52-23-17(8-40)50-29(21(23)45)53-24-19(43)13(38-26(47)25(46)30(31,32)9-34)4-11(35)22(24)51-28-12(36)5-14(41)16(49-28)7-37-2-3-39/h10-25,27-29,37,39-46H,2-9,33-36H2,1H3,(H,38,47)/t10-,11+,12-,13-,14+,15+,16-,17-,18-,19+,20-,21-,22-,23-,24-,25-,27-,28-,29+/m1/s1. The van der Waals surface area contributed by atoms with Gasteiger partial charge in [-0.25, -0.2) is 8.78 Å². The van der Waals surface area contributed by atoms with Gasteiger partial charge in [0, 0.05) is 31.6 Å². The fraction of sp³-hybridized carbons (Fsp3) is 0.967. The molecule has 21 nitrogen and oxygen atoms in total. The molecule has 0 aromatic heterocycles. The van der Waals surface area contributed by atoms with Gasteiger partial charge in [0.25, 0.3) is 11.8 Å². The van der Waals surface area contributed by atoms with Gasteiger partial charge in [-0.3, -0.25) is 4.79 Å². The highest BCUT2D eigenvalue weighted by molar-refractivity contribution is 5.82. The third-order valence-electron chi connectivity index (χ3n) is 10.1. The van der Waals surface area contributed by atoms with Crippen molar-refractivity contribution in [1.29, 1.82) is 0 Å². The normalized spacial score (nSPS) is 44.5. The van der Waals surface area contributed by atoms with Crippen LogP contribution >= 0.6 is 0 Å². The van der Waals surface area contributed by atoms with Gasteiger partial charge >= 0.3 is 0 Å². The molecule has 19 atom stereocenters. The van der Waals surface area contributed by atoms with Gasteiger partial charge in [0.15, 0.2) is 25.0 Å². The van der Waals surface area contributed by atoms with Crippen molar-refractivity contribution in [3.05, 3.63) is 0 Å². The van der Waals surface area contributed by atoms with Crippen LogP contribution in [-0.4, -0.2) is 202 Å². The zero-order valence-electron chi connectivity index (χ0n) is 29.1. The fourth-order valence-electron chi connectivity index (χ4n) is 6.84. The van der Waals surface area contributed by atoms with Crippen molar-refractivity contribution in [2.45, 2.75) is 136 Å². The molecule has 1 amide bonds. The minimum atomic E-state index is -4.01. The minimum Gasteiger partial charge on any atom is -0.395 e. The summed E-state index contributed by atoms with van der Waals surface area (Å²) in [6, 6.07) is -3.56. The quantitative estimate of drug-likeness (QED) is 0.0647. The zero-order chi connectivity index (χ0) is 39.4. The fourth-order valence-corrected chi connectivity index (χ4v) is 6.84. The Labute approximate surface area is 303 Å². The van der Waals surface area contributed by atoms with Gasteiger partial charge in [-0.1, -0.05) is 6.92 Å². The molecule has 0 spiro atoms. The lowest BCUT2D eigenvalue weighted by molar-refractivity contribution is -0.299. The smallest absolute Gasteiger partial charge is 0.294 e. The predicted molar refractivity (Wildman–Crippen MR) is 173 cm³/mol. The number of halogens is 2. The molecule has 3 saturated heterocycles.